The summed E-state index contributed by atoms with van der Waals surface area (Å²) >= 11 is 0. The van der Waals surface area contributed by atoms with Crippen molar-refractivity contribution in [3.8, 4) is 11.5 Å². The molecule has 0 heterocycles. The van der Waals surface area contributed by atoms with Crippen LogP contribution in [0, 0.1) is 10.1 Å². The maximum absolute atomic E-state index is 10.9. The number of aliphatic carboxylic acids is 1. The molecule has 0 aliphatic carbocycles. The smallest absolute Gasteiger partial charge is 0.303 e. The summed E-state index contributed by atoms with van der Waals surface area (Å²) in [6.07, 6.45) is 19.1. The van der Waals surface area contributed by atoms with Crippen LogP contribution in [-0.2, 0) is 11.2 Å². The Bertz CT molecular complexity index is 1060. The van der Waals surface area contributed by atoms with Crippen molar-refractivity contribution < 1.29 is 25.0 Å². The summed E-state index contributed by atoms with van der Waals surface area (Å²) in [5, 5.41) is 47.4. The molecule has 0 aliphatic rings. The normalized spacial score (nSPS) is 11.3. The lowest BCUT2D eigenvalue weighted by Gasteiger charge is -2.05. The summed E-state index contributed by atoms with van der Waals surface area (Å²) in [7, 11) is 0. The molecule has 0 amide bonds. The third-order valence-corrected chi connectivity index (χ3v) is 6.83. The third kappa shape index (κ3) is 13.7. The molecule has 0 aromatic heterocycles. The van der Waals surface area contributed by atoms with E-state index in [0.717, 1.165) is 50.2 Å². The minimum atomic E-state index is -0.688. The summed E-state index contributed by atoms with van der Waals surface area (Å²) in [5.41, 5.74) is 1.01. The number of carbonyl (C=O) groups is 1. The lowest BCUT2D eigenvalue weighted by atomic mass is 10.0. The largest absolute Gasteiger partial charge is 0.506 e. The Morgan fingerprint density at radius 3 is 1.69 bits per heavy atom. The van der Waals surface area contributed by atoms with E-state index in [1.54, 1.807) is 12.1 Å². The molecule has 0 saturated carbocycles. The quantitative estimate of drug-likeness (QED) is 0.0621. The van der Waals surface area contributed by atoms with Gasteiger partial charge in [0.15, 0.2) is 0 Å². The van der Waals surface area contributed by atoms with Crippen LogP contribution in [-0.4, -0.2) is 26.2 Å². The molecule has 2 aromatic rings. The zero-order valence-corrected chi connectivity index (χ0v) is 22.9. The minimum absolute atomic E-state index is 0.0168. The molecule has 0 saturated heterocycles. The highest BCUT2D eigenvalue weighted by atomic mass is 16.6. The van der Waals surface area contributed by atoms with Crippen LogP contribution in [0.15, 0.2) is 46.6 Å². The zero-order valence-electron chi connectivity index (χ0n) is 22.9. The van der Waals surface area contributed by atoms with E-state index in [9.17, 15) is 25.1 Å². The number of nitro benzene ring substituents is 1. The van der Waals surface area contributed by atoms with Crippen molar-refractivity contribution in [2.24, 2.45) is 10.2 Å². The number of nitrogens with zero attached hydrogens (tertiary/aromatic N) is 3. The Balaban J connectivity index is 1.51. The molecule has 0 fully saturated rings. The number of carboxylic acids is 1. The number of nitro groups is 1. The second-order valence-electron chi connectivity index (χ2n) is 10.2. The number of aryl methyl sites for hydroxylation is 1. The Morgan fingerprint density at radius 1 is 0.667 bits per heavy atom. The Hall–Kier alpha value is -3.49. The van der Waals surface area contributed by atoms with Crippen LogP contribution >= 0.6 is 0 Å². The maximum atomic E-state index is 10.9. The van der Waals surface area contributed by atoms with Crippen molar-refractivity contribution in [1.29, 1.82) is 0 Å². The van der Waals surface area contributed by atoms with E-state index < -0.39 is 10.9 Å². The molecule has 2 rings (SSSR count). The summed E-state index contributed by atoms with van der Waals surface area (Å²) in [5.74, 6) is -0.932. The molecule has 0 bridgehead atoms. The van der Waals surface area contributed by atoms with Crippen molar-refractivity contribution in [1.82, 2.24) is 0 Å². The van der Waals surface area contributed by atoms with Gasteiger partial charge in [-0.1, -0.05) is 89.5 Å². The number of azo groups is 1. The van der Waals surface area contributed by atoms with E-state index in [0.29, 0.717) is 6.42 Å². The van der Waals surface area contributed by atoms with Crippen molar-refractivity contribution in [3.05, 3.63) is 52.1 Å². The number of hydrogen-bond acceptors (Lipinski definition) is 7. The van der Waals surface area contributed by atoms with Gasteiger partial charge in [-0.25, -0.2) is 0 Å². The molecule has 214 valence electrons. The lowest BCUT2D eigenvalue weighted by Crippen LogP contribution is -1.93. The fraction of sp³-hybridized carbons (Fsp3) is 0.567. The molecule has 0 spiro atoms. The van der Waals surface area contributed by atoms with Crippen LogP contribution in [0.25, 0.3) is 0 Å². The Labute approximate surface area is 231 Å². The van der Waals surface area contributed by atoms with Crippen LogP contribution < -0.4 is 0 Å². The molecule has 2 aromatic carbocycles. The number of benzene rings is 2. The summed E-state index contributed by atoms with van der Waals surface area (Å²) < 4.78 is 0. The van der Waals surface area contributed by atoms with Crippen LogP contribution in [0.2, 0.25) is 0 Å². The molecule has 0 unspecified atom stereocenters. The highest BCUT2D eigenvalue weighted by Gasteiger charge is 2.10. The summed E-state index contributed by atoms with van der Waals surface area (Å²) in [6.45, 7) is 0. The summed E-state index contributed by atoms with van der Waals surface area (Å²) in [6, 6.07) is 8.72. The van der Waals surface area contributed by atoms with Gasteiger partial charge < -0.3 is 15.3 Å². The van der Waals surface area contributed by atoms with Crippen molar-refractivity contribution in [3.63, 3.8) is 0 Å². The molecule has 9 nitrogen and oxygen atoms in total. The topological polar surface area (TPSA) is 146 Å². The Kier molecular flexibility index (Phi) is 15.2. The average Bonchev–Trinajstić information content (AvgIpc) is 2.90. The standard InChI is InChI=1S/C30H43N3O6/c34-28-21-19-25(33(38)39)23-27(28)32-31-26-20-18-24(22-29(26)35)16-14-12-10-8-6-4-2-1-3-5-7-9-11-13-15-17-30(36)37/h18-23,34-35H,1-17H2,(H,36,37). The number of carboxylic acid groups (broad SMARTS) is 1. The van der Waals surface area contributed by atoms with Crippen LogP contribution in [0.3, 0.4) is 0 Å². The van der Waals surface area contributed by atoms with Gasteiger partial charge in [0.25, 0.3) is 5.69 Å². The predicted molar refractivity (Wildman–Crippen MR) is 152 cm³/mol. The molecule has 0 aliphatic heterocycles. The van der Waals surface area contributed by atoms with E-state index in [-0.39, 0.29) is 28.6 Å². The third-order valence-electron chi connectivity index (χ3n) is 6.83. The van der Waals surface area contributed by atoms with Crippen molar-refractivity contribution in [2.45, 2.75) is 109 Å². The predicted octanol–water partition coefficient (Wildman–Crippen LogP) is 9.29. The minimum Gasteiger partial charge on any atom is -0.506 e. The van der Waals surface area contributed by atoms with E-state index in [1.807, 2.05) is 6.07 Å². The molecular weight excluding hydrogens is 498 g/mol. The molecule has 39 heavy (non-hydrogen) atoms. The van der Waals surface area contributed by atoms with Gasteiger partial charge in [0.05, 0.1) is 4.92 Å². The number of phenolic OH excluding ortho intramolecular Hbond substituents is 2. The van der Waals surface area contributed by atoms with Crippen molar-refractivity contribution in [2.75, 3.05) is 0 Å². The number of phenols is 2. The molecular formula is C30H43N3O6. The van der Waals surface area contributed by atoms with Gasteiger partial charge >= 0.3 is 5.97 Å². The SMILES string of the molecule is O=C(O)CCCCCCCCCCCCCCCCCc1ccc(N=Nc2cc([N+](=O)[O-])ccc2O)c(O)c1. The van der Waals surface area contributed by atoms with Crippen LogP contribution in [0.5, 0.6) is 11.5 Å². The highest BCUT2D eigenvalue weighted by Crippen LogP contribution is 2.34. The number of hydrogen-bond donors (Lipinski definition) is 3. The Morgan fingerprint density at radius 2 is 1.18 bits per heavy atom. The first kappa shape index (κ1) is 31.7. The number of unbranched alkanes of at least 4 members (excludes halogenated alkanes) is 14. The monoisotopic (exact) mass is 541 g/mol. The van der Waals surface area contributed by atoms with Crippen LogP contribution in [0.4, 0.5) is 17.1 Å². The molecule has 9 heteroatoms. The van der Waals surface area contributed by atoms with E-state index >= 15 is 0 Å². The molecule has 0 radical (unpaired) electrons. The maximum Gasteiger partial charge on any atom is 0.303 e. The van der Waals surface area contributed by atoms with Gasteiger partial charge in [0.1, 0.15) is 22.9 Å². The van der Waals surface area contributed by atoms with Gasteiger partial charge in [0.2, 0.25) is 0 Å². The number of rotatable bonds is 21. The van der Waals surface area contributed by atoms with Gasteiger partial charge in [0, 0.05) is 18.6 Å². The van der Waals surface area contributed by atoms with Gasteiger partial charge in [-0.2, -0.15) is 0 Å². The number of non-ortho nitro benzene ring substituents is 1. The first-order valence-electron chi connectivity index (χ1n) is 14.3. The fourth-order valence-electron chi connectivity index (χ4n) is 4.53. The lowest BCUT2D eigenvalue weighted by molar-refractivity contribution is -0.384. The zero-order chi connectivity index (χ0) is 28.3. The molecule has 3 N–H and O–H groups in total. The van der Waals surface area contributed by atoms with Crippen LogP contribution in [0.1, 0.15) is 108 Å². The average molecular weight is 542 g/mol. The first-order chi connectivity index (χ1) is 18.9. The van der Waals surface area contributed by atoms with Gasteiger partial charge in [-0.05, 0) is 43.0 Å². The van der Waals surface area contributed by atoms with E-state index in [4.69, 9.17) is 5.11 Å². The van der Waals surface area contributed by atoms with Crippen molar-refractivity contribution >= 4 is 23.0 Å². The summed E-state index contributed by atoms with van der Waals surface area (Å²) in [4.78, 5) is 20.8. The van der Waals surface area contributed by atoms with Gasteiger partial charge in [-0.15, -0.1) is 10.2 Å². The first-order valence-corrected chi connectivity index (χ1v) is 14.3. The highest BCUT2D eigenvalue weighted by molar-refractivity contribution is 5.66. The molecule has 0 atom stereocenters. The fourth-order valence-corrected chi connectivity index (χ4v) is 4.53. The van der Waals surface area contributed by atoms with E-state index in [1.165, 1.54) is 76.3 Å². The number of aromatic hydroxyl groups is 2. The van der Waals surface area contributed by atoms with E-state index in [2.05, 4.69) is 10.2 Å². The second kappa shape index (κ2) is 18.7. The second-order valence-corrected chi connectivity index (χ2v) is 10.2. The van der Waals surface area contributed by atoms with Gasteiger partial charge in [-0.3, -0.25) is 14.9 Å².